The Morgan fingerprint density at radius 3 is 2.40 bits per heavy atom. The lowest BCUT2D eigenvalue weighted by molar-refractivity contribution is 0.0531. The van der Waals surface area contributed by atoms with Crippen molar-refractivity contribution in [3.8, 4) is 0 Å². The molecule has 6 nitrogen and oxygen atoms in total. The number of ether oxygens (including phenoxy) is 1. The predicted octanol–water partition coefficient (Wildman–Crippen LogP) is 4.69. The van der Waals surface area contributed by atoms with Gasteiger partial charge in [0.25, 0.3) is 11.8 Å². The molecule has 1 aliphatic carbocycles. The number of halogens is 1. The second kappa shape index (κ2) is 9.84. The van der Waals surface area contributed by atoms with Crippen molar-refractivity contribution in [2.24, 2.45) is 0 Å². The summed E-state index contributed by atoms with van der Waals surface area (Å²) in [4.78, 5) is 38.3. The zero-order chi connectivity index (χ0) is 21.7. The third kappa shape index (κ3) is 5.05. The van der Waals surface area contributed by atoms with Gasteiger partial charge in [0, 0.05) is 11.6 Å². The van der Waals surface area contributed by atoms with Gasteiger partial charge in [0.15, 0.2) is 0 Å². The standard InChI is InChI=1S/C22H25FN2O4S/c1-3-29-22(28)18-13(2)17(20(27)24-16-7-5-4-6-8-16)21(30-18)25-19(26)14-9-11-15(23)12-10-14/h9-12,16H,3-8H2,1-2H3,(H,24,27)(H,25,26). The summed E-state index contributed by atoms with van der Waals surface area (Å²) in [6.07, 6.45) is 5.12. The van der Waals surface area contributed by atoms with Crippen LogP contribution in [0.5, 0.6) is 0 Å². The van der Waals surface area contributed by atoms with Gasteiger partial charge in [-0.1, -0.05) is 19.3 Å². The SMILES string of the molecule is CCOC(=O)c1sc(NC(=O)c2ccc(F)cc2)c(C(=O)NC2CCCCC2)c1C. The summed E-state index contributed by atoms with van der Waals surface area (Å²) in [7, 11) is 0. The number of rotatable bonds is 6. The van der Waals surface area contributed by atoms with Crippen molar-refractivity contribution in [3.63, 3.8) is 0 Å². The van der Waals surface area contributed by atoms with Crippen LogP contribution in [0.25, 0.3) is 0 Å². The summed E-state index contributed by atoms with van der Waals surface area (Å²) < 4.78 is 18.2. The van der Waals surface area contributed by atoms with Gasteiger partial charge in [-0.15, -0.1) is 11.3 Å². The summed E-state index contributed by atoms with van der Waals surface area (Å²) in [5.41, 5.74) is 0.990. The highest BCUT2D eigenvalue weighted by Crippen LogP contribution is 2.34. The highest BCUT2D eigenvalue weighted by atomic mass is 32.1. The third-order valence-electron chi connectivity index (χ3n) is 5.11. The van der Waals surface area contributed by atoms with Crippen LogP contribution in [0.1, 0.15) is 75.0 Å². The molecule has 0 saturated heterocycles. The molecule has 0 radical (unpaired) electrons. The van der Waals surface area contributed by atoms with Crippen molar-refractivity contribution < 1.29 is 23.5 Å². The smallest absolute Gasteiger partial charge is 0.348 e. The van der Waals surface area contributed by atoms with Crippen LogP contribution in [0.15, 0.2) is 24.3 Å². The Hall–Kier alpha value is -2.74. The summed E-state index contributed by atoms with van der Waals surface area (Å²) in [5.74, 6) is -1.79. The fourth-order valence-electron chi connectivity index (χ4n) is 3.55. The van der Waals surface area contributed by atoms with Crippen LogP contribution in [-0.4, -0.2) is 30.4 Å². The zero-order valence-corrected chi connectivity index (χ0v) is 17.9. The Kier molecular flexibility index (Phi) is 7.20. The van der Waals surface area contributed by atoms with Gasteiger partial charge < -0.3 is 15.4 Å². The molecule has 1 heterocycles. The van der Waals surface area contributed by atoms with Crippen molar-refractivity contribution in [1.29, 1.82) is 0 Å². The Morgan fingerprint density at radius 2 is 1.77 bits per heavy atom. The molecule has 1 fully saturated rings. The number of benzene rings is 1. The number of anilines is 1. The number of amides is 2. The highest BCUT2D eigenvalue weighted by molar-refractivity contribution is 7.18. The first-order valence-corrected chi connectivity index (χ1v) is 10.9. The molecule has 0 bridgehead atoms. The highest BCUT2D eigenvalue weighted by Gasteiger charge is 2.28. The van der Waals surface area contributed by atoms with Gasteiger partial charge in [-0.05, 0) is 56.5 Å². The maximum atomic E-state index is 13.2. The van der Waals surface area contributed by atoms with Crippen LogP contribution in [0.2, 0.25) is 0 Å². The maximum Gasteiger partial charge on any atom is 0.348 e. The van der Waals surface area contributed by atoms with Crippen molar-refractivity contribution >= 4 is 34.1 Å². The first-order valence-electron chi connectivity index (χ1n) is 10.1. The van der Waals surface area contributed by atoms with Gasteiger partial charge in [0.05, 0.1) is 12.2 Å². The molecule has 1 aromatic carbocycles. The first-order chi connectivity index (χ1) is 14.4. The number of nitrogens with one attached hydrogen (secondary N) is 2. The van der Waals surface area contributed by atoms with Crippen LogP contribution in [0.4, 0.5) is 9.39 Å². The van der Waals surface area contributed by atoms with Gasteiger partial charge >= 0.3 is 5.97 Å². The Bertz CT molecular complexity index is 933. The van der Waals surface area contributed by atoms with E-state index in [9.17, 15) is 18.8 Å². The Labute approximate surface area is 178 Å². The zero-order valence-electron chi connectivity index (χ0n) is 17.0. The Balaban J connectivity index is 1.90. The summed E-state index contributed by atoms with van der Waals surface area (Å²) in [5, 5.41) is 6.02. The van der Waals surface area contributed by atoms with Crippen molar-refractivity contribution in [2.75, 3.05) is 11.9 Å². The summed E-state index contributed by atoms with van der Waals surface area (Å²) >= 11 is 1.01. The van der Waals surface area contributed by atoms with E-state index in [2.05, 4.69) is 10.6 Å². The second-order valence-electron chi connectivity index (χ2n) is 7.25. The molecule has 0 atom stereocenters. The molecule has 30 heavy (non-hydrogen) atoms. The lowest BCUT2D eigenvalue weighted by Crippen LogP contribution is -2.36. The normalized spacial score (nSPS) is 14.2. The van der Waals surface area contributed by atoms with Crippen LogP contribution < -0.4 is 10.6 Å². The molecule has 160 valence electrons. The van der Waals surface area contributed by atoms with Gasteiger partial charge in [0.2, 0.25) is 0 Å². The average molecular weight is 433 g/mol. The lowest BCUT2D eigenvalue weighted by Gasteiger charge is -2.23. The fraction of sp³-hybridized carbons (Fsp3) is 0.409. The quantitative estimate of drug-likeness (QED) is 0.649. The maximum absolute atomic E-state index is 13.2. The Morgan fingerprint density at radius 1 is 1.10 bits per heavy atom. The van der Waals surface area contributed by atoms with E-state index in [1.807, 2.05) is 0 Å². The number of thiophene rings is 1. The number of hydrogen-bond donors (Lipinski definition) is 2. The van der Waals surface area contributed by atoms with Crippen LogP contribution in [0, 0.1) is 12.7 Å². The molecule has 8 heteroatoms. The average Bonchev–Trinajstić information content (AvgIpc) is 3.05. The lowest BCUT2D eigenvalue weighted by atomic mass is 9.95. The molecule has 0 aliphatic heterocycles. The minimum absolute atomic E-state index is 0.0808. The molecule has 0 spiro atoms. The third-order valence-corrected chi connectivity index (χ3v) is 6.30. The van der Waals surface area contributed by atoms with Crippen LogP contribution >= 0.6 is 11.3 Å². The molecule has 2 aromatic rings. The summed E-state index contributed by atoms with van der Waals surface area (Å²) in [6, 6.07) is 5.18. The molecule has 2 amide bonds. The van der Waals surface area contributed by atoms with E-state index in [0.29, 0.717) is 5.56 Å². The van der Waals surface area contributed by atoms with E-state index in [0.717, 1.165) is 43.4 Å². The molecule has 0 unspecified atom stereocenters. The number of esters is 1. The number of carbonyl (C=O) groups is 3. The van der Waals surface area contributed by atoms with Gasteiger partial charge in [-0.25, -0.2) is 9.18 Å². The second-order valence-corrected chi connectivity index (χ2v) is 8.27. The van der Waals surface area contributed by atoms with Crippen molar-refractivity contribution in [2.45, 2.75) is 52.0 Å². The van der Waals surface area contributed by atoms with Crippen molar-refractivity contribution in [3.05, 3.63) is 51.7 Å². The molecular formula is C22H25FN2O4S. The van der Waals surface area contributed by atoms with E-state index >= 15 is 0 Å². The van der Waals surface area contributed by atoms with E-state index in [4.69, 9.17) is 4.74 Å². The van der Waals surface area contributed by atoms with E-state index in [-0.39, 0.29) is 39.6 Å². The van der Waals surface area contributed by atoms with Crippen LogP contribution in [0.3, 0.4) is 0 Å². The molecule has 2 N–H and O–H groups in total. The van der Waals surface area contributed by atoms with Gasteiger partial charge in [-0.2, -0.15) is 0 Å². The van der Waals surface area contributed by atoms with E-state index < -0.39 is 17.7 Å². The molecule has 1 aromatic heterocycles. The molecule has 1 aliphatic rings. The monoisotopic (exact) mass is 432 g/mol. The molecule has 3 rings (SSSR count). The first kappa shape index (κ1) is 22.0. The van der Waals surface area contributed by atoms with E-state index in [1.165, 1.54) is 24.3 Å². The number of hydrogen-bond acceptors (Lipinski definition) is 5. The largest absolute Gasteiger partial charge is 0.462 e. The van der Waals surface area contributed by atoms with Crippen molar-refractivity contribution in [1.82, 2.24) is 5.32 Å². The van der Waals surface area contributed by atoms with Gasteiger partial charge in [0.1, 0.15) is 15.7 Å². The van der Waals surface area contributed by atoms with Gasteiger partial charge in [-0.3, -0.25) is 9.59 Å². The van der Waals surface area contributed by atoms with E-state index in [1.54, 1.807) is 13.8 Å². The molecular weight excluding hydrogens is 407 g/mol. The fourth-order valence-corrected chi connectivity index (χ4v) is 4.64. The predicted molar refractivity (Wildman–Crippen MR) is 114 cm³/mol. The topological polar surface area (TPSA) is 84.5 Å². The number of carbonyl (C=O) groups excluding carboxylic acids is 3. The van der Waals surface area contributed by atoms with Crippen LogP contribution in [-0.2, 0) is 4.74 Å². The minimum atomic E-state index is -0.533. The molecule has 1 saturated carbocycles. The summed E-state index contributed by atoms with van der Waals surface area (Å²) in [6.45, 7) is 3.58. The minimum Gasteiger partial charge on any atom is -0.462 e.